The Labute approximate surface area is 210 Å². The Morgan fingerprint density at radius 1 is 1.20 bits per heavy atom. The van der Waals surface area contributed by atoms with Gasteiger partial charge in [-0.05, 0) is 67.0 Å². The third-order valence-electron chi connectivity index (χ3n) is 6.10. The Morgan fingerprint density at radius 3 is 2.57 bits per heavy atom. The van der Waals surface area contributed by atoms with Gasteiger partial charge < -0.3 is 14.4 Å². The van der Waals surface area contributed by atoms with Crippen molar-refractivity contribution in [3.63, 3.8) is 0 Å². The third-order valence-corrected chi connectivity index (χ3v) is 6.36. The van der Waals surface area contributed by atoms with Gasteiger partial charge >= 0.3 is 12.1 Å². The van der Waals surface area contributed by atoms with E-state index in [4.69, 9.17) is 21.1 Å². The molecular weight excluding hydrogens is 475 g/mol. The zero-order valence-electron chi connectivity index (χ0n) is 21.1. The van der Waals surface area contributed by atoms with Crippen molar-refractivity contribution in [2.45, 2.75) is 58.5 Å². The van der Waals surface area contributed by atoms with E-state index in [1.807, 2.05) is 34.9 Å². The van der Waals surface area contributed by atoms with E-state index in [1.54, 1.807) is 5.01 Å². The van der Waals surface area contributed by atoms with Crippen LogP contribution in [-0.4, -0.2) is 76.9 Å². The molecule has 1 saturated heterocycles. The second-order valence-electron chi connectivity index (χ2n) is 10.8. The molecule has 2 fully saturated rings. The third kappa shape index (κ3) is 6.03. The van der Waals surface area contributed by atoms with E-state index >= 15 is 4.39 Å². The number of halogens is 2. The van der Waals surface area contributed by atoms with E-state index in [2.05, 4.69) is 19.9 Å². The van der Waals surface area contributed by atoms with Crippen LogP contribution in [0.4, 0.5) is 15.0 Å². The first-order valence-corrected chi connectivity index (χ1v) is 12.4. The number of aromatic nitrogens is 3. The molecule has 1 amide bonds. The molecule has 0 radical (unpaired) electrons. The molecule has 1 saturated carbocycles. The van der Waals surface area contributed by atoms with Gasteiger partial charge in [0.1, 0.15) is 11.1 Å². The number of carbonyl (C=O) groups is 1. The number of fused-ring (bicyclic) bond motifs is 1. The Kier molecular flexibility index (Phi) is 7.24. The quantitative estimate of drug-likeness (QED) is 0.520. The van der Waals surface area contributed by atoms with Gasteiger partial charge in [-0.2, -0.15) is 9.97 Å². The zero-order valence-corrected chi connectivity index (χ0v) is 21.9. The number of hydrazine groups is 1. The van der Waals surface area contributed by atoms with Gasteiger partial charge in [0, 0.05) is 31.2 Å². The van der Waals surface area contributed by atoms with E-state index in [9.17, 15) is 4.79 Å². The van der Waals surface area contributed by atoms with Crippen molar-refractivity contribution in [3.8, 4) is 6.01 Å². The average molecular weight is 509 g/mol. The van der Waals surface area contributed by atoms with Crippen molar-refractivity contribution in [1.29, 1.82) is 0 Å². The highest BCUT2D eigenvalue weighted by Gasteiger charge is 2.44. The van der Waals surface area contributed by atoms with Crippen LogP contribution in [0.5, 0.6) is 6.01 Å². The number of amides is 1. The molecule has 2 aliphatic rings. The lowest BCUT2D eigenvalue weighted by Gasteiger charge is -2.35. The molecular formula is C24H34ClFN6O3. The molecule has 0 bridgehead atoms. The standard InChI is InChI=1S/C24H34ClFN6O3/c1-23(2,3)35-22(33)32-12-8-6-7-11-31(32)20-16-13-27-19(25)17(26)18(16)28-21(29-20)34-15-24(9-10-24)14-30(4)5/h13H,6-12,14-15H2,1-5H3. The van der Waals surface area contributed by atoms with Gasteiger partial charge in [0.25, 0.3) is 0 Å². The molecule has 1 aliphatic heterocycles. The fourth-order valence-corrected chi connectivity index (χ4v) is 4.48. The Balaban J connectivity index is 1.74. The van der Waals surface area contributed by atoms with E-state index in [0.29, 0.717) is 30.9 Å². The first-order valence-electron chi connectivity index (χ1n) is 12.1. The monoisotopic (exact) mass is 508 g/mol. The molecule has 2 aromatic rings. The van der Waals surface area contributed by atoms with Gasteiger partial charge in [-0.1, -0.05) is 11.6 Å². The minimum absolute atomic E-state index is 0.0100. The van der Waals surface area contributed by atoms with Crippen LogP contribution >= 0.6 is 11.6 Å². The molecule has 0 atom stereocenters. The van der Waals surface area contributed by atoms with E-state index < -0.39 is 17.5 Å². The maximum atomic E-state index is 15.1. The molecule has 35 heavy (non-hydrogen) atoms. The maximum absolute atomic E-state index is 15.1. The number of rotatable bonds is 6. The van der Waals surface area contributed by atoms with E-state index in [-0.39, 0.29) is 22.1 Å². The summed E-state index contributed by atoms with van der Waals surface area (Å²) in [5, 5.41) is 3.34. The van der Waals surface area contributed by atoms with Crippen LogP contribution in [0.1, 0.15) is 52.9 Å². The van der Waals surface area contributed by atoms with Crippen LogP contribution < -0.4 is 9.75 Å². The summed E-state index contributed by atoms with van der Waals surface area (Å²) >= 11 is 5.98. The van der Waals surface area contributed by atoms with Gasteiger partial charge in [-0.3, -0.25) is 5.01 Å². The molecule has 9 nitrogen and oxygen atoms in total. The number of anilines is 1. The van der Waals surface area contributed by atoms with Crippen LogP contribution in [0, 0.1) is 11.2 Å². The fraction of sp³-hybridized carbons (Fsp3) is 0.667. The highest BCUT2D eigenvalue weighted by Crippen LogP contribution is 2.46. The molecule has 0 spiro atoms. The van der Waals surface area contributed by atoms with Gasteiger partial charge in [-0.25, -0.2) is 19.2 Å². The lowest BCUT2D eigenvalue weighted by molar-refractivity contribution is 0.0232. The molecule has 3 heterocycles. The molecule has 0 aromatic carbocycles. The summed E-state index contributed by atoms with van der Waals surface area (Å²) in [5.74, 6) is -0.399. The summed E-state index contributed by atoms with van der Waals surface area (Å²) < 4.78 is 26.8. The molecule has 2 aromatic heterocycles. The van der Waals surface area contributed by atoms with Crippen molar-refractivity contribution in [2.75, 3.05) is 45.3 Å². The van der Waals surface area contributed by atoms with Crippen LogP contribution in [0.2, 0.25) is 5.15 Å². The largest absolute Gasteiger partial charge is 0.463 e. The Bertz CT molecular complexity index is 1090. The van der Waals surface area contributed by atoms with Gasteiger partial charge in [0.2, 0.25) is 0 Å². The number of nitrogens with zero attached hydrogens (tertiary/aromatic N) is 6. The van der Waals surface area contributed by atoms with Crippen LogP contribution in [0.3, 0.4) is 0 Å². The predicted octanol–water partition coefficient (Wildman–Crippen LogP) is 4.68. The van der Waals surface area contributed by atoms with Crippen LogP contribution in [-0.2, 0) is 4.74 Å². The summed E-state index contributed by atoms with van der Waals surface area (Å²) in [4.78, 5) is 28.2. The lowest BCUT2D eigenvalue weighted by Crippen LogP contribution is -2.49. The SMILES string of the molecule is CN(C)CC1(COc2nc(N3CCCCCN3C(=O)OC(C)(C)C)c3cnc(Cl)c(F)c3n2)CC1. The van der Waals surface area contributed by atoms with Crippen LogP contribution in [0.15, 0.2) is 6.20 Å². The smallest absolute Gasteiger partial charge is 0.429 e. The Hall–Kier alpha value is -2.46. The number of carbonyl (C=O) groups excluding carboxylic acids is 1. The van der Waals surface area contributed by atoms with E-state index in [1.165, 1.54) is 11.2 Å². The van der Waals surface area contributed by atoms with E-state index in [0.717, 1.165) is 38.6 Å². The molecule has 4 rings (SSSR count). The predicted molar refractivity (Wildman–Crippen MR) is 132 cm³/mol. The molecule has 192 valence electrons. The topological polar surface area (TPSA) is 83.9 Å². The van der Waals surface area contributed by atoms with Crippen LogP contribution in [0.25, 0.3) is 10.9 Å². The Morgan fingerprint density at radius 2 is 1.91 bits per heavy atom. The van der Waals surface area contributed by atoms with Gasteiger partial charge in [0.15, 0.2) is 16.8 Å². The molecule has 0 unspecified atom stereocenters. The normalized spacial score (nSPS) is 18.1. The van der Waals surface area contributed by atoms with Crippen molar-refractivity contribution in [1.82, 2.24) is 24.9 Å². The average Bonchev–Trinajstić information content (AvgIpc) is 3.56. The summed E-state index contributed by atoms with van der Waals surface area (Å²) in [6.45, 7) is 7.72. The van der Waals surface area contributed by atoms with Gasteiger partial charge in [0.05, 0.1) is 12.0 Å². The van der Waals surface area contributed by atoms with Gasteiger partial charge in [-0.15, -0.1) is 0 Å². The van der Waals surface area contributed by atoms with Crippen molar-refractivity contribution >= 4 is 34.4 Å². The number of pyridine rings is 1. The zero-order chi connectivity index (χ0) is 25.4. The summed E-state index contributed by atoms with van der Waals surface area (Å²) in [5.41, 5.74) is -0.610. The highest BCUT2D eigenvalue weighted by atomic mass is 35.5. The molecule has 1 aliphatic carbocycles. The number of hydrogen-bond acceptors (Lipinski definition) is 8. The second-order valence-corrected chi connectivity index (χ2v) is 11.1. The fourth-order valence-electron chi connectivity index (χ4n) is 4.34. The minimum atomic E-state index is -0.745. The number of hydrogen-bond donors (Lipinski definition) is 0. The van der Waals surface area contributed by atoms with Crippen molar-refractivity contribution < 1.29 is 18.7 Å². The van der Waals surface area contributed by atoms with Crippen molar-refractivity contribution in [2.24, 2.45) is 5.41 Å². The number of ether oxygens (including phenoxy) is 2. The first-order chi connectivity index (χ1) is 16.5. The molecule has 11 heteroatoms. The summed E-state index contributed by atoms with van der Waals surface area (Å²) in [6, 6.07) is 0.0482. The highest BCUT2D eigenvalue weighted by molar-refractivity contribution is 6.30. The lowest BCUT2D eigenvalue weighted by atomic mass is 10.1. The summed E-state index contributed by atoms with van der Waals surface area (Å²) in [6.07, 6.45) is 5.63. The first kappa shape index (κ1) is 25.6. The summed E-state index contributed by atoms with van der Waals surface area (Å²) in [7, 11) is 4.05. The maximum Gasteiger partial charge on any atom is 0.429 e. The minimum Gasteiger partial charge on any atom is -0.463 e. The molecule has 0 N–H and O–H groups in total. The van der Waals surface area contributed by atoms with Crippen molar-refractivity contribution in [3.05, 3.63) is 17.2 Å². The second kappa shape index (κ2) is 9.89.